The zero-order valence-electron chi connectivity index (χ0n) is 10.9. The Bertz CT molecular complexity index is 423. The Balaban J connectivity index is 2.55. The number of hydrogen-bond acceptors (Lipinski definition) is 3. The van der Waals surface area contributed by atoms with Crippen LogP contribution in [-0.2, 0) is 4.79 Å². The predicted molar refractivity (Wildman–Crippen MR) is 76.2 cm³/mol. The normalized spacial score (nSPS) is 12.5. The summed E-state index contributed by atoms with van der Waals surface area (Å²) >= 11 is 1.60. The van der Waals surface area contributed by atoms with Gasteiger partial charge >= 0.3 is 0 Å². The first-order valence-corrected chi connectivity index (χ1v) is 6.92. The van der Waals surface area contributed by atoms with Gasteiger partial charge in [-0.25, -0.2) is 4.39 Å². The van der Waals surface area contributed by atoms with Crippen molar-refractivity contribution in [2.24, 2.45) is 5.92 Å². The van der Waals surface area contributed by atoms with Crippen LogP contribution in [0.15, 0.2) is 18.2 Å². The summed E-state index contributed by atoms with van der Waals surface area (Å²) < 4.78 is 13.0. The lowest BCUT2D eigenvalue weighted by Crippen LogP contribution is -2.23. The van der Waals surface area contributed by atoms with Gasteiger partial charge in [0, 0.05) is 5.69 Å². The number of thioether (sulfide) groups is 1. The Hall–Kier alpha value is -1.23. The first-order valence-electron chi connectivity index (χ1n) is 5.87. The van der Waals surface area contributed by atoms with E-state index in [9.17, 15) is 9.18 Å². The third-order valence-corrected chi connectivity index (χ3v) is 3.89. The molecule has 1 amide bonds. The number of carbonyl (C=O) groups excluding carboxylic acids is 1. The van der Waals surface area contributed by atoms with Crippen molar-refractivity contribution in [3.05, 3.63) is 24.0 Å². The molecule has 3 N–H and O–H groups in total. The molecule has 1 unspecified atom stereocenters. The molecule has 0 aliphatic heterocycles. The van der Waals surface area contributed by atoms with Gasteiger partial charge in [0.25, 0.3) is 0 Å². The molecule has 100 valence electrons. The molecule has 1 atom stereocenters. The summed E-state index contributed by atoms with van der Waals surface area (Å²) in [5, 5.41) is 2.59. The van der Waals surface area contributed by atoms with Crippen molar-refractivity contribution in [2.75, 3.05) is 16.8 Å². The zero-order valence-corrected chi connectivity index (χ0v) is 11.7. The lowest BCUT2D eigenvalue weighted by molar-refractivity contribution is -0.115. The number of anilines is 2. The first-order chi connectivity index (χ1) is 8.40. The van der Waals surface area contributed by atoms with Crippen molar-refractivity contribution in [3.8, 4) is 0 Å². The van der Waals surface area contributed by atoms with Gasteiger partial charge in [0.05, 0.1) is 10.9 Å². The van der Waals surface area contributed by atoms with Crippen molar-refractivity contribution in [1.29, 1.82) is 0 Å². The highest BCUT2D eigenvalue weighted by Gasteiger charge is 2.14. The second-order valence-corrected chi connectivity index (χ2v) is 5.97. The van der Waals surface area contributed by atoms with Crippen LogP contribution in [0.5, 0.6) is 0 Å². The number of halogens is 1. The summed E-state index contributed by atoms with van der Waals surface area (Å²) in [6, 6.07) is 4.17. The van der Waals surface area contributed by atoms with Crippen molar-refractivity contribution >= 4 is 29.0 Å². The van der Waals surface area contributed by atoms with Crippen LogP contribution in [0, 0.1) is 11.7 Å². The lowest BCUT2D eigenvalue weighted by atomic mass is 10.2. The van der Waals surface area contributed by atoms with Crippen LogP contribution in [0.4, 0.5) is 15.8 Å². The van der Waals surface area contributed by atoms with Crippen LogP contribution in [0.25, 0.3) is 0 Å². The SMILES string of the molecule is CC(C)CSC(C)C(=O)Nc1ccc(F)c(N)c1. The third kappa shape index (κ3) is 4.56. The fraction of sp³-hybridized carbons (Fsp3) is 0.462. The Morgan fingerprint density at radius 2 is 2.11 bits per heavy atom. The van der Waals surface area contributed by atoms with E-state index < -0.39 is 5.82 Å². The van der Waals surface area contributed by atoms with Crippen molar-refractivity contribution in [3.63, 3.8) is 0 Å². The van der Waals surface area contributed by atoms with Gasteiger partial charge in [-0.1, -0.05) is 13.8 Å². The van der Waals surface area contributed by atoms with Gasteiger partial charge in [0.1, 0.15) is 5.82 Å². The molecule has 1 aromatic rings. The maximum Gasteiger partial charge on any atom is 0.237 e. The summed E-state index contributed by atoms with van der Waals surface area (Å²) in [7, 11) is 0. The Morgan fingerprint density at radius 1 is 1.44 bits per heavy atom. The van der Waals surface area contributed by atoms with E-state index in [2.05, 4.69) is 19.2 Å². The molecule has 0 bridgehead atoms. The summed E-state index contributed by atoms with van der Waals surface area (Å²) in [4.78, 5) is 11.9. The maximum absolute atomic E-state index is 13.0. The molecule has 0 radical (unpaired) electrons. The van der Waals surface area contributed by atoms with Crippen LogP contribution in [0.1, 0.15) is 20.8 Å². The second kappa shape index (κ2) is 6.64. The van der Waals surface area contributed by atoms with E-state index in [0.717, 1.165) is 5.75 Å². The van der Waals surface area contributed by atoms with Crippen molar-refractivity contribution < 1.29 is 9.18 Å². The minimum atomic E-state index is -0.477. The summed E-state index contributed by atoms with van der Waals surface area (Å²) in [6.07, 6.45) is 0. The number of benzene rings is 1. The largest absolute Gasteiger partial charge is 0.396 e. The lowest BCUT2D eigenvalue weighted by Gasteiger charge is -2.13. The zero-order chi connectivity index (χ0) is 13.7. The Labute approximate surface area is 111 Å². The smallest absolute Gasteiger partial charge is 0.237 e. The Morgan fingerprint density at radius 3 is 2.67 bits per heavy atom. The molecule has 18 heavy (non-hydrogen) atoms. The fourth-order valence-electron chi connectivity index (χ4n) is 1.28. The number of rotatable bonds is 5. The van der Waals surface area contributed by atoms with Gasteiger partial charge in [-0.15, -0.1) is 11.8 Å². The van der Waals surface area contributed by atoms with Crippen molar-refractivity contribution in [1.82, 2.24) is 0 Å². The molecular weight excluding hydrogens is 251 g/mol. The molecule has 5 heteroatoms. The van der Waals surface area contributed by atoms with E-state index in [1.807, 2.05) is 6.92 Å². The van der Waals surface area contributed by atoms with Gasteiger partial charge < -0.3 is 11.1 Å². The maximum atomic E-state index is 13.0. The van der Waals surface area contributed by atoms with E-state index in [4.69, 9.17) is 5.73 Å². The van der Waals surface area contributed by atoms with Gasteiger partial charge in [0.2, 0.25) is 5.91 Å². The highest BCUT2D eigenvalue weighted by Crippen LogP contribution is 2.19. The van der Waals surface area contributed by atoms with Crippen LogP contribution >= 0.6 is 11.8 Å². The second-order valence-electron chi connectivity index (χ2n) is 4.59. The third-order valence-electron chi connectivity index (χ3n) is 2.31. The molecule has 1 aromatic carbocycles. The number of nitrogen functional groups attached to an aromatic ring is 1. The molecule has 1 rings (SSSR count). The quantitative estimate of drug-likeness (QED) is 0.808. The topological polar surface area (TPSA) is 55.1 Å². The summed E-state index contributed by atoms with van der Waals surface area (Å²) in [5.74, 6) is 0.911. The molecule has 0 aromatic heterocycles. The monoisotopic (exact) mass is 270 g/mol. The van der Waals surface area contributed by atoms with Gasteiger partial charge in [-0.2, -0.15) is 0 Å². The van der Waals surface area contributed by atoms with E-state index in [1.54, 1.807) is 11.8 Å². The molecule has 0 spiro atoms. The van der Waals surface area contributed by atoms with Gasteiger partial charge in [0.15, 0.2) is 0 Å². The molecule has 0 saturated carbocycles. The Kier molecular flexibility index (Phi) is 5.47. The van der Waals surface area contributed by atoms with Crippen LogP contribution in [-0.4, -0.2) is 16.9 Å². The average molecular weight is 270 g/mol. The fourth-order valence-corrected chi connectivity index (χ4v) is 2.16. The average Bonchev–Trinajstić information content (AvgIpc) is 2.30. The minimum absolute atomic E-state index is 0.0373. The van der Waals surface area contributed by atoms with E-state index in [-0.39, 0.29) is 16.8 Å². The van der Waals surface area contributed by atoms with Crippen LogP contribution < -0.4 is 11.1 Å². The van der Waals surface area contributed by atoms with Crippen molar-refractivity contribution in [2.45, 2.75) is 26.0 Å². The van der Waals surface area contributed by atoms with E-state index in [1.165, 1.54) is 18.2 Å². The highest BCUT2D eigenvalue weighted by atomic mass is 32.2. The number of carbonyl (C=O) groups is 1. The molecule has 0 aliphatic rings. The van der Waals surface area contributed by atoms with Gasteiger partial charge in [-0.05, 0) is 36.8 Å². The van der Waals surface area contributed by atoms with E-state index >= 15 is 0 Å². The molecular formula is C13H19FN2OS. The van der Waals surface area contributed by atoms with Crippen LogP contribution in [0.3, 0.4) is 0 Å². The van der Waals surface area contributed by atoms with Crippen LogP contribution in [0.2, 0.25) is 0 Å². The molecule has 3 nitrogen and oxygen atoms in total. The number of hydrogen-bond donors (Lipinski definition) is 2. The van der Waals surface area contributed by atoms with E-state index in [0.29, 0.717) is 11.6 Å². The first kappa shape index (κ1) is 14.8. The molecule has 0 heterocycles. The number of nitrogens with two attached hydrogens (primary N) is 1. The number of amides is 1. The molecule has 0 aliphatic carbocycles. The summed E-state index contributed by atoms with van der Waals surface area (Å²) in [5.41, 5.74) is 6.00. The highest BCUT2D eigenvalue weighted by molar-refractivity contribution is 8.00. The molecule has 0 fully saturated rings. The minimum Gasteiger partial charge on any atom is -0.396 e. The van der Waals surface area contributed by atoms with Gasteiger partial charge in [-0.3, -0.25) is 4.79 Å². The standard InChI is InChI=1S/C13H19FN2OS/c1-8(2)7-18-9(3)13(17)16-10-4-5-11(14)12(15)6-10/h4-6,8-9H,7,15H2,1-3H3,(H,16,17). The molecule has 0 saturated heterocycles. The summed E-state index contributed by atoms with van der Waals surface area (Å²) in [6.45, 7) is 6.08. The predicted octanol–water partition coefficient (Wildman–Crippen LogP) is 3.12. The number of nitrogens with one attached hydrogen (secondary N) is 1.